The minimum atomic E-state index is -0.705. The molecule has 0 radical (unpaired) electrons. The lowest BCUT2D eigenvalue weighted by Gasteiger charge is -2.13. The van der Waals surface area contributed by atoms with Crippen LogP contribution in [0.15, 0.2) is 53.6 Å². The number of nitrogens with zero attached hydrogens (tertiary/aromatic N) is 1. The van der Waals surface area contributed by atoms with Crippen molar-refractivity contribution < 1.29 is 14.3 Å². The van der Waals surface area contributed by atoms with Crippen LogP contribution < -0.4 is 14.9 Å². The summed E-state index contributed by atoms with van der Waals surface area (Å²) in [6, 6.07) is 14.2. The molecule has 0 saturated carbocycles. The fourth-order valence-electron chi connectivity index (χ4n) is 1.83. The van der Waals surface area contributed by atoms with E-state index < -0.39 is 6.10 Å². The summed E-state index contributed by atoms with van der Waals surface area (Å²) in [5, 5.41) is 4.47. The third-order valence-electron chi connectivity index (χ3n) is 3.00. The van der Waals surface area contributed by atoms with Crippen molar-refractivity contribution in [3.63, 3.8) is 0 Å². The first-order valence-electron chi connectivity index (χ1n) is 6.98. The number of carbonyl (C=O) groups is 1. The van der Waals surface area contributed by atoms with Gasteiger partial charge in [0.1, 0.15) is 11.5 Å². The number of hydrogen-bond acceptors (Lipinski definition) is 4. The van der Waals surface area contributed by atoms with Gasteiger partial charge in [-0.25, -0.2) is 5.43 Å². The highest BCUT2D eigenvalue weighted by Crippen LogP contribution is 2.18. The van der Waals surface area contributed by atoms with Crippen molar-refractivity contribution in [3.05, 3.63) is 59.1 Å². The Kier molecular flexibility index (Phi) is 6.00. The standard InChI is InChI=1S/C17H17ClN2O3/c1-12(23-15-8-5-7-14(18)10-15)17(21)20-19-11-13-6-3-4-9-16(13)22-2/h3-12H,1-2H3,(H,20,21). The minimum absolute atomic E-state index is 0.365. The molecular formula is C17H17ClN2O3. The molecule has 1 unspecified atom stereocenters. The first kappa shape index (κ1) is 16.8. The summed E-state index contributed by atoms with van der Waals surface area (Å²) in [7, 11) is 1.58. The minimum Gasteiger partial charge on any atom is -0.496 e. The molecule has 1 N–H and O–H groups in total. The number of hydrogen-bond donors (Lipinski definition) is 1. The molecule has 0 heterocycles. The smallest absolute Gasteiger partial charge is 0.280 e. The molecule has 0 aromatic heterocycles. The van der Waals surface area contributed by atoms with Gasteiger partial charge in [0.2, 0.25) is 0 Å². The lowest BCUT2D eigenvalue weighted by Crippen LogP contribution is -2.33. The topological polar surface area (TPSA) is 59.9 Å². The zero-order chi connectivity index (χ0) is 16.7. The highest BCUT2D eigenvalue weighted by molar-refractivity contribution is 6.30. The predicted molar refractivity (Wildman–Crippen MR) is 90.3 cm³/mol. The van der Waals surface area contributed by atoms with E-state index in [1.165, 1.54) is 6.21 Å². The van der Waals surface area contributed by atoms with Crippen molar-refractivity contribution in [2.24, 2.45) is 5.10 Å². The number of amides is 1. The quantitative estimate of drug-likeness (QED) is 0.652. The zero-order valence-corrected chi connectivity index (χ0v) is 13.6. The average molecular weight is 333 g/mol. The zero-order valence-electron chi connectivity index (χ0n) is 12.8. The number of rotatable bonds is 6. The van der Waals surface area contributed by atoms with Gasteiger partial charge in [-0.15, -0.1) is 0 Å². The Morgan fingerprint density at radius 3 is 2.78 bits per heavy atom. The molecule has 2 aromatic carbocycles. The van der Waals surface area contributed by atoms with E-state index in [0.29, 0.717) is 16.5 Å². The van der Waals surface area contributed by atoms with Crippen LogP contribution in [0.25, 0.3) is 0 Å². The van der Waals surface area contributed by atoms with Crippen LogP contribution in [0.3, 0.4) is 0 Å². The lowest BCUT2D eigenvalue weighted by atomic mass is 10.2. The fourth-order valence-corrected chi connectivity index (χ4v) is 2.01. The highest BCUT2D eigenvalue weighted by Gasteiger charge is 2.14. The Labute approximate surface area is 139 Å². The van der Waals surface area contributed by atoms with Crippen molar-refractivity contribution in [2.75, 3.05) is 7.11 Å². The van der Waals surface area contributed by atoms with E-state index in [2.05, 4.69) is 10.5 Å². The van der Waals surface area contributed by atoms with Gasteiger partial charge in [-0.1, -0.05) is 29.8 Å². The Hall–Kier alpha value is -2.53. The Morgan fingerprint density at radius 1 is 1.26 bits per heavy atom. The number of halogens is 1. The summed E-state index contributed by atoms with van der Waals surface area (Å²) in [5.74, 6) is 0.832. The normalized spacial score (nSPS) is 12.0. The van der Waals surface area contributed by atoms with Crippen LogP contribution in [-0.4, -0.2) is 25.3 Å². The van der Waals surface area contributed by atoms with Crippen molar-refractivity contribution >= 4 is 23.7 Å². The van der Waals surface area contributed by atoms with Crippen LogP contribution in [-0.2, 0) is 4.79 Å². The molecule has 2 rings (SSSR count). The molecule has 0 aliphatic rings. The van der Waals surface area contributed by atoms with Gasteiger partial charge in [0.15, 0.2) is 6.10 Å². The van der Waals surface area contributed by atoms with Gasteiger partial charge in [0, 0.05) is 10.6 Å². The Balaban J connectivity index is 1.92. The Bertz CT molecular complexity index is 704. The van der Waals surface area contributed by atoms with E-state index in [1.54, 1.807) is 38.3 Å². The van der Waals surface area contributed by atoms with E-state index >= 15 is 0 Å². The van der Waals surface area contributed by atoms with Gasteiger partial charge >= 0.3 is 0 Å². The molecule has 23 heavy (non-hydrogen) atoms. The molecule has 0 bridgehead atoms. The molecule has 2 aromatic rings. The first-order valence-corrected chi connectivity index (χ1v) is 7.36. The van der Waals surface area contributed by atoms with E-state index in [0.717, 1.165) is 5.56 Å². The molecule has 5 nitrogen and oxygen atoms in total. The Morgan fingerprint density at radius 2 is 2.04 bits per heavy atom. The van der Waals surface area contributed by atoms with Crippen molar-refractivity contribution in [1.29, 1.82) is 0 Å². The van der Waals surface area contributed by atoms with Crippen LogP contribution in [0.4, 0.5) is 0 Å². The number of nitrogens with one attached hydrogen (secondary N) is 1. The van der Waals surface area contributed by atoms with Gasteiger partial charge in [0.05, 0.1) is 13.3 Å². The molecule has 0 aliphatic carbocycles. The number of carbonyl (C=O) groups excluding carboxylic acids is 1. The summed E-state index contributed by atoms with van der Waals surface area (Å²) in [4.78, 5) is 12.0. The maximum atomic E-state index is 12.0. The van der Waals surface area contributed by atoms with E-state index in [1.807, 2.05) is 24.3 Å². The monoisotopic (exact) mass is 332 g/mol. The molecule has 6 heteroatoms. The third-order valence-corrected chi connectivity index (χ3v) is 3.23. The number of hydrazone groups is 1. The molecule has 120 valence electrons. The average Bonchev–Trinajstić information content (AvgIpc) is 2.55. The van der Waals surface area contributed by atoms with E-state index in [4.69, 9.17) is 21.1 Å². The summed E-state index contributed by atoms with van der Waals surface area (Å²) in [6.45, 7) is 1.63. The molecule has 0 aliphatic heterocycles. The first-order chi connectivity index (χ1) is 11.1. The molecule has 0 spiro atoms. The third kappa shape index (κ3) is 5.00. The SMILES string of the molecule is COc1ccccc1C=NNC(=O)C(C)Oc1cccc(Cl)c1. The molecule has 1 atom stereocenters. The van der Waals surface area contributed by atoms with Gasteiger partial charge in [-0.2, -0.15) is 5.10 Å². The number of methoxy groups -OCH3 is 1. The van der Waals surface area contributed by atoms with Crippen LogP contribution in [0.5, 0.6) is 11.5 Å². The largest absolute Gasteiger partial charge is 0.496 e. The van der Waals surface area contributed by atoms with Gasteiger partial charge in [0.25, 0.3) is 5.91 Å². The number of benzene rings is 2. The fraction of sp³-hybridized carbons (Fsp3) is 0.176. The summed E-state index contributed by atoms with van der Waals surface area (Å²) in [5.41, 5.74) is 3.20. The number of ether oxygens (including phenoxy) is 2. The van der Waals surface area contributed by atoms with Crippen molar-refractivity contribution in [2.45, 2.75) is 13.0 Å². The van der Waals surface area contributed by atoms with E-state index in [9.17, 15) is 4.79 Å². The summed E-state index contributed by atoms with van der Waals surface area (Å²) < 4.78 is 10.7. The van der Waals surface area contributed by atoms with Gasteiger partial charge in [-0.05, 0) is 37.3 Å². The summed E-state index contributed by atoms with van der Waals surface area (Å²) in [6.07, 6.45) is 0.811. The second kappa shape index (κ2) is 8.19. The van der Waals surface area contributed by atoms with Crippen LogP contribution in [0, 0.1) is 0 Å². The van der Waals surface area contributed by atoms with Gasteiger partial charge < -0.3 is 9.47 Å². The van der Waals surface area contributed by atoms with Crippen LogP contribution >= 0.6 is 11.6 Å². The molecule has 0 fully saturated rings. The van der Waals surface area contributed by atoms with Crippen molar-refractivity contribution in [1.82, 2.24) is 5.43 Å². The maximum absolute atomic E-state index is 12.0. The highest BCUT2D eigenvalue weighted by atomic mass is 35.5. The molecule has 0 saturated heterocycles. The van der Waals surface area contributed by atoms with Crippen molar-refractivity contribution in [3.8, 4) is 11.5 Å². The van der Waals surface area contributed by atoms with E-state index in [-0.39, 0.29) is 5.91 Å². The molecule has 1 amide bonds. The van der Waals surface area contributed by atoms with Gasteiger partial charge in [-0.3, -0.25) is 4.79 Å². The molecular weight excluding hydrogens is 316 g/mol. The summed E-state index contributed by atoms with van der Waals surface area (Å²) >= 11 is 5.87. The lowest BCUT2D eigenvalue weighted by molar-refractivity contribution is -0.127. The predicted octanol–water partition coefficient (Wildman–Crippen LogP) is 3.27. The van der Waals surface area contributed by atoms with Crippen LogP contribution in [0.1, 0.15) is 12.5 Å². The maximum Gasteiger partial charge on any atom is 0.280 e. The second-order valence-electron chi connectivity index (χ2n) is 4.69. The second-order valence-corrected chi connectivity index (χ2v) is 5.13. The van der Waals surface area contributed by atoms with Crippen LogP contribution in [0.2, 0.25) is 5.02 Å². The number of para-hydroxylation sites is 1.